The number of rotatable bonds is 5. The Labute approximate surface area is 158 Å². The molecule has 0 saturated heterocycles. The number of hydrogen-bond acceptors (Lipinski definition) is 2. The zero-order valence-corrected chi connectivity index (χ0v) is 16.6. The molecule has 1 amide bonds. The van der Waals surface area contributed by atoms with E-state index in [1.54, 1.807) is 26.2 Å². The van der Waals surface area contributed by atoms with Crippen LogP contribution < -0.4 is 11.1 Å². The van der Waals surface area contributed by atoms with Gasteiger partial charge in [-0.15, -0.1) is 24.0 Å². The largest absolute Gasteiger partial charge is 0.370 e. The summed E-state index contributed by atoms with van der Waals surface area (Å²) in [5.41, 5.74) is 6.68. The minimum Gasteiger partial charge on any atom is -0.370 e. The van der Waals surface area contributed by atoms with E-state index in [9.17, 15) is 4.79 Å². The third-order valence-corrected chi connectivity index (χ3v) is 3.46. The van der Waals surface area contributed by atoms with Crippen molar-refractivity contribution in [1.82, 2.24) is 10.2 Å². The number of hydrogen-bond donors (Lipinski definition) is 2. The number of halogens is 3. The molecule has 1 atom stereocenters. The van der Waals surface area contributed by atoms with Crippen molar-refractivity contribution < 1.29 is 4.79 Å². The smallest absolute Gasteiger partial charge is 0.223 e. The highest BCUT2D eigenvalue weighted by Crippen LogP contribution is 2.25. The molecule has 0 heterocycles. The zero-order valence-electron chi connectivity index (χ0n) is 12.8. The molecule has 1 unspecified atom stereocenters. The van der Waals surface area contributed by atoms with Crippen LogP contribution in [0.2, 0.25) is 10.0 Å². The monoisotopic (exact) mass is 458 g/mol. The van der Waals surface area contributed by atoms with Crippen molar-refractivity contribution in [2.75, 3.05) is 20.6 Å². The first-order valence-corrected chi connectivity index (χ1v) is 7.28. The molecule has 1 rings (SSSR count). The van der Waals surface area contributed by atoms with Crippen LogP contribution in [0.1, 0.15) is 24.9 Å². The van der Waals surface area contributed by atoms with Crippen LogP contribution in [0.25, 0.3) is 0 Å². The summed E-state index contributed by atoms with van der Waals surface area (Å²) >= 11 is 12.0. The number of nitrogens with zero attached hydrogens (tertiary/aromatic N) is 2. The number of guanidine groups is 1. The lowest BCUT2D eigenvalue weighted by molar-refractivity contribution is -0.128. The summed E-state index contributed by atoms with van der Waals surface area (Å²) in [6.45, 7) is 2.26. The molecular weight excluding hydrogens is 438 g/mol. The van der Waals surface area contributed by atoms with Gasteiger partial charge in [0, 0.05) is 30.6 Å². The number of benzene rings is 1. The first-order valence-electron chi connectivity index (χ1n) is 6.52. The molecule has 5 nitrogen and oxygen atoms in total. The van der Waals surface area contributed by atoms with Gasteiger partial charge < -0.3 is 16.0 Å². The van der Waals surface area contributed by atoms with Gasteiger partial charge in [0.1, 0.15) is 0 Å². The Balaban J connectivity index is 0.00000441. The summed E-state index contributed by atoms with van der Waals surface area (Å²) in [5.74, 6) is 0.292. The van der Waals surface area contributed by atoms with Crippen LogP contribution in [0.15, 0.2) is 23.2 Å². The predicted molar refractivity (Wildman–Crippen MR) is 103 cm³/mol. The lowest BCUT2D eigenvalue weighted by Gasteiger charge is -2.16. The first kappa shape index (κ1) is 21.3. The highest BCUT2D eigenvalue weighted by Gasteiger charge is 2.10. The van der Waals surface area contributed by atoms with E-state index in [4.69, 9.17) is 28.9 Å². The van der Waals surface area contributed by atoms with Crippen molar-refractivity contribution in [2.24, 2.45) is 10.7 Å². The van der Waals surface area contributed by atoms with E-state index in [0.29, 0.717) is 23.0 Å². The maximum absolute atomic E-state index is 11.4. The van der Waals surface area contributed by atoms with Gasteiger partial charge in [-0.1, -0.05) is 29.3 Å². The molecule has 1 aromatic rings. The Morgan fingerprint density at radius 3 is 2.59 bits per heavy atom. The van der Waals surface area contributed by atoms with Crippen LogP contribution in [-0.2, 0) is 4.79 Å². The Morgan fingerprint density at radius 2 is 2.05 bits per heavy atom. The van der Waals surface area contributed by atoms with Gasteiger partial charge in [0.25, 0.3) is 0 Å². The van der Waals surface area contributed by atoms with E-state index in [-0.39, 0.29) is 41.9 Å². The Bertz CT molecular complexity index is 538. The predicted octanol–water partition coefficient (Wildman–Crippen LogP) is 3.06. The number of carbonyl (C=O) groups excluding carboxylic acids is 1. The van der Waals surface area contributed by atoms with Crippen molar-refractivity contribution in [3.8, 4) is 0 Å². The van der Waals surface area contributed by atoms with Crippen LogP contribution in [0.4, 0.5) is 0 Å². The molecule has 0 spiro atoms. The van der Waals surface area contributed by atoms with Gasteiger partial charge >= 0.3 is 0 Å². The van der Waals surface area contributed by atoms with Crippen molar-refractivity contribution in [3.05, 3.63) is 33.8 Å². The van der Waals surface area contributed by atoms with Gasteiger partial charge in [-0.05, 0) is 24.6 Å². The molecule has 0 aromatic heterocycles. The standard InChI is InChI=1S/C14H20Cl2N4O.HI/c1-9(11-5-4-10(15)8-12(11)16)19-14(17)18-7-6-13(21)20(2)3;/h4-5,8-9H,6-7H2,1-3H3,(H3,17,18,19);1H. The molecule has 0 fully saturated rings. The molecular formula is C14H21Cl2IN4O. The number of carbonyl (C=O) groups is 1. The minimum absolute atomic E-state index is 0. The lowest BCUT2D eigenvalue weighted by Crippen LogP contribution is -2.34. The molecule has 0 aliphatic heterocycles. The zero-order chi connectivity index (χ0) is 16.0. The summed E-state index contributed by atoms with van der Waals surface area (Å²) in [5, 5.41) is 4.19. The molecule has 8 heteroatoms. The second kappa shape index (κ2) is 10.1. The van der Waals surface area contributed by atoms with Crippen molar-refractivity contribution >= 4 is 59.0 Å². The Hall–Kier alpha value is -0.730. The number of amides is 1. The lowest BCUT2D eigenvalue weighted by atomic mass is 10.1. The average molecular weight is 459 g/mol. The topological polar surface area (TPSA) is 70.7 Å². The maximum atomic E-state index is 11.4. The van der Waals surface area contributed by atoms with E-state index >= 15 is 0 Å². The van der Waals surface area contributed by atoms with Gasteiger partial charge in [-0.25, -0.2) is 0 Å². The van der Waals surface area contributed by atoms with Crippen LogP contribution in [0.5, 0.6) is 0 Å². The van der Waals surface area contributed by atoms with E-state index in [1.807, 2.05) is 13.0 Å². The molecule has 0 aliphatic rings. The van der Waals surface area contributed by atoms with Gasteiger partial charge in [0.2, 0.25) is 5.91 Å². The van der Waals surface area contributed by atoms with Crippen molar-refractivity contribution in [3.63, 3.8) is 0 Å². The summed E-state index contributed by atoms with van der Waals surface area (Å²) in [4.78, 5) is 17.1. The third-order valence-electron chi connectivity index (χ3n) is 2.90. The maximum Gasteiger partial charge on any atom is 0.223 e. The normalized spacial score (nSPS) is 12.3. The molecule has 3 N–H and O–H groups in total. The van der Waals surface area contributed by atoms with E-state index in [0.717, 1.165) is 5.56 Å². The van der Waals surface area contributed by atoms with Crippen molar-refractivity contribution in [2.45, 2.75) is 19.4 Å². The summed E-state index contributed by atoms with van der Waals surface area (Å²) in [6.07, 6.45) is 0.325. The molecule has 22 heavy (non-hydrogen) atoms. The fourth-order valence-electron chi connectivity index (χ4n) is 1.69. The Kier molecular flexibility index (Phi) is 9.79. The van der Waals surface area contributed by atoms with E-state index in [1.165, 1.54) is 4.90 Å². The first-order chi connectivity index (χ1) is 9.81. The summed E-state index contributed by atoms with van der Waals surface area (Å²) in [7, 11) is 3.41. The Morgan fingerprint density at radius 1 is 1.41 bits per heavy atom. The highest BCUT2D eigenvalue weighted by molar-refractivity contribution is 14.0. The number of aliphatic imine (C=N–C) groups is 1. The van der Waals surface area contributed by atoms with Gasteiger partial charge in [-0.2, -0.15) is 0 Å². The van der Waals surface area contributed by atoms with Crippen LogP contribution >= 0.6 is 47.2 Å². The minimum atomic E-state index is -0.108. The van der Waals surface area contributed by atoms with Crippen LogP contribution in [0.3, 0.4) is 0 Å². The molecule has 1 aromatic carbocycles. The van der Waals surface area contributed by atoms with Crippen molar-refractivity contribution in [1.29, 1.82) is 0 Å². The average Bonchev–Trinajstić information content (AvgIpc) is 2.37. The number of nitrogens with one attached hydrogen (secondary N) is 1. The fraction of sp³-hybridized carbons (Fsp3) is 0.429. The fourth-order valence-corrected chi connectivity index (χ4v) is 2.27. The van der Waals surface area contributed by atoms with Gasteiger partial charge in [-0.3, -0.25) is 9.79 Å². The molecule has 124 valence electrons. The van der Waals surface area contributed by atoms with Crippen LogP contribution in [0, 0.1) is 0 Å². The molecule has 0 aliphatic carbocycles. The quantitative estimate of drug-likeness (QED) is 0.404. The van der Waals surface area contributed by atoms with Crippen LogP contribution in [-0.4, -0.2) is 37.4 Å². The molecule has 0 bridgehead atoms. The SMILES string of the molecule is CC(NC(N)=NCCC(=O)N(C)C)c1ccc(Cl)cc1Cl.I. The third kappa shape index (κ3) is 7.02. The van der Waals surface area contributed by atoms with Gasteiger partial charge in [0.15, 0.2) is 5.96 Å². The highest BCUT2D eigenvalue weighted by atomic mass is 127. The molecule has 0 saturated carbocycles. The van der Waals surface area contributed by atoms with E-state index < -0.39 is 0 Å². The second-order valence-electron chi connectivity index (χ2n) is 4.84. The number of nitrogens with two attached hydrogens (primary N) is 1. The second-order valence-corrected chi connectivity index (χ2v) is 5.68. The van der Waals surface area contributed by atoms with Gasteiger partial charge in [0.05, 0.1) is 12.6 Å². The summed E-state index contributed by atoms with van der Waals surface area (Å²) in [6, 6.07) is 5.18. The van der Waals surface area contributed by atoms with E-state index in [2.05, 4.69) is 10.3 Å². The summed E-state index contributed by atoms with van der Waals surface area (Å²) < 4.78 is 0. The molecule has 0 radical (unpaired) electrons.